The Morgan fingerprint density at radius 3 is 2.62 bits per heavy atom. The standard InChI is InChI=1S/C14H28N2/c1-5-11(2)12(3)16-9-8-15-14(4,10-16)13-6-7-13/h11-13,15H,5-10H2,1-4H3. The summed E-state index contributed by atoms with van der Waals surface area (Å²) in [5, 5.41) is 3.76. The van der Waals surface area contributed by atoms with E-state index in [4.69, 9.17) is 0 Å². The first-order valence-electron chi connectivity index (χ1n) is 7.06. The summed E-state index contributed by atoms with van der Waals surface area (Å²) in [4.78, 5) is 2.71. The topological polar surface area (TPSA) is 15.3 Å². The summed E-state index contributed by atoms with van der Waals surface area (Å²) in [5.74, 6) is 1.76. The van der Waals surface area contributed by atoms with Crippen LogP contribution < -0.4 is 5.32 Å². The van der Waals surface area contributed by atoms with Crippen molar-refractivity contribution in [2.24, 2.45) is 11.8 Å². The number of nitrogens with one attached hydrogen (secondary N) is 1. The van der Waals surface area contributed by atoms with Gasteiger partial charge in [0.15, 0.2) is 0 Å². The van der Waals surface area contributed by atoms with Crippen molar-refractivity contribution >= 4 is 0 Å². The molecular formula is C14H28N2. The lowest BCUT2D eigenvalue weighted by molar-refractivity contribution is 0.0717. The van der Waals surface area contributed by atoms with Crippen molar-refractivity contribution in [1.82, 2.24) is 10.2 Å². The van der Waals surface area contributed by atoms with Gasteiger partial charge in [-0.15, -0.1) is 0 Å². The third-order valence-corrected chi connectivity index (χ3v) is 4.98. The predicted molar refractivity (Wildman–Crippen MR) is 69.6 cm³/mol. The molecule has 0 amide bonds. The van der Waals surface area contributed by atoms with E-state index in [1.807, 2.05) is 0 Å². The SMILES string of the molecule is CCC(C)C(C)N1CCNC(C)(C2CC2)C1. The molecule has 1 aliphatic heterocycles. The molecule has 3 unspecified atom stereocenters. The van der Waals surface area contributed by atoms with E-state index in [9.17, 15) is 0 Å². The number of hydrogen-bond donors (Lipinski definition) is 1. The summed E-state index contributed by atoms with van der Waals surface area (Å²) in [5.41, 5.74) is 0.403. The van der Waals surface area contributed by atoms with Crippen LogP contribution >= 0.6 is 0 Å². The Hall–Kier alpha value is -0.0800. The molecule has 0 spiro atoms. The second-order valence-corrected chi connectivity index (χ2v) is 6.22. The molecular weight excluding hydrogens is 196 g/mol. The van der Waals surface area contributed by atoms with E-state index in [-0.39, 0.29) is 0 Å². The zero-order chi connectivity index (χ0) is 11.8. The van der Waals surface area contributed by atoms with Crippen LogP contribution in [0.25, 0.3) is 0 Å². The monoisotopic (exact) mass is 224 g/mol. The van der Waals surface area contributed by atoms with E-state index in [1.54, 1.807) is 0 Å². The number of hydrogen-bond acceptors (Lipinski definition) is 2. The maximum absolute atomic E-state index is 3.76. The molecule has 2 heteroatoms. The Kier molecular flexibility index (Phi) is 3.60. The maximum Gasteiger partial charge on any atom is 0.0309 e. The fourth-order valence-corrected chi connectivity index (χ4v) is 3.08. The van der Waals surface area contributed by atoms with Gasteiger partial charge in [0.2, 0.25) is 0 Å². The summed E-state index contributed by atoms with van der Waals surface area (Å²) < 4.78 is 0. The van der Waals surface area contributed by atoms with Crippen molar-refractivity contribution in [2.45, 2.75) is 58.5 Å². The molecule has 0 bridgehead atoms. The van der Waals surface area contributed by atoms with Crippen molar-refractivity contribution in [3.63, 3.8) is 0 Å². The molecule has 1 heterocycles. The lowest BCUT2D eigenvalue weighted by Gasteiger charge is -2.45. The van der Waals surface area contributed by atoms with Crippen molar-refractivity contribution < 1.29 is 0 Å². The molecule has 1 saturated heterocycles. The summed E-state index contributed by atoms with van der Waals surface area (Å²) in [6, 6.07) is 0.741. The number of piperazine rings is 1. The van der Waals surface area contributed by atoms with Crippen LogP contribution in [0.5, 0.6) is 0 Å². The van der Waals surface area contributed by atoms with Crippen LogP contribution in [-0.2, 0) is 0 Å². The highest BCUT2D eigenvalue weighted by Crippen LogP contribution is 2.41. The van der Waals surface area contributed by atoms with E-state index in [1.165, 1.54) is 38.9 Å². The van der Waals surface area contributed by atoms with Crippen LogP contribution in [0.2, 0.25) is 0 Å². The Labute approximate surface area is 101 Å². The van der Waals surface area contributed by atoms with Crippen molar-refractivity contribution in [1.29, 1.82) is 0 Å². The largest absolute Gasteiger partial charge is 0.309 e. The molecule has 0 aromatic rings. The second-order valence-electron chi connectivity index (χ2n) is 6.22. The third-order valence-electron chi connectivity index (χ3n) is 4.98. The minimum atomic E-state index is 0.403. The molecule has 2 fully saturated rings. The Balaban J connectivity index is 1.95. The summed E-state index contributed by atoms with van der Waals surface area (Å²) in [7, 11) is 0. The first kappa shape index (κ1) is 12.4. The smallest absolute Gasteiger partial charge is 0.0309 e. The Morgan fingerprint density at radius 2 is 2.06 bits per heavy atom. The van der Waals surface area contributed by atoms with Gasteiger partial charge >= 0.3 is 0 Å². The van der Waals surface area contributed by atoms with Crippen molar-refractivity contribution in [2.75, 3.05) is 19.6 Å². The first-order valence-corrected chi connectivity index (χ1v) is 7.06. The van der Waals surface area contributed by atoms with E-state index < -0.39 is 0 Å². The fourth-order valence-electron chi connectivity index (χ4n) is 3.08. The van der Waals surface area contributed by atoms with Gasteiger partial charge in [0.1, 0.15) is 0 Å². The fraction of sp³-hybridized carbons (Fsp3) is 1.00. The Morgan fingerprint density at radius 1 is 1.38 bits per heavy atom. The molecule has 2 rings (SSSR count). The highest BCUT2D eigenvalue weighted by Gasteiger charge is 2.44. The summed E-state index contributed by atoms with van der Waals surface area (Å²) in [6.07, 6.45) is 4.18. The van der Waals surface area contributed by atoms with Gasteiger partial charge < -0.3 is 5.32 Å². The number of nitrogens with zero attached hydrogens (tertiary/aromatic N) is 1. The lowest BCUT2D eigenvalue weighted by Crippen LogP contribution is -2.62. The normalized spacial score (nSPS) is 36.0. The zero-order valence-electron chi connectivity index (χ0n) is 11.4. The minimum Gasteiger partial charge on any atom is -0.309 e. The van der Waals surface area contributed by atoms with Gasteiger partial charge in [0, 0.05) is 31.2 Å². The van der Waals surface area contributed by atoms with E-state index in [0.29, 0.717) is 5.54 Å². The molecule has 1 N–H and O–H groups in total. The van der Waals surface area contributed by atoms with Gasteiger partial charge in [0.25, 0.3) is 0 Å². The average molecular weight is 224 g/mol. The minimum absolute atomic E-state index is 0.403. The molecule has 0 aromatic carbocycles. The maximum atomic E-state index is 3.76. The molecule has 2 nitrogen and oxygen atoms in total. The second kappa shape index (κ2) is 4.66. The predicted octanol–water partition coefficient (Wildman–Crippen LogP) is 2.49. The van der Waals surface area contributed by atoms with Crippen LogP contribution in [0, 0.1) is 11.8 Å². The molecule has 94 valence electrons. The molecule has 0 aromatic heterocycles. The molecule has 1 saturated carbocycles. The van der Waals surface area contributed by atoms with Crippen LogP contribution in [0.15, 0.2) is 0 Å². The van der Waals surface area contributed by atoms with E-state index >= 15 is 0 Å². The molecule has 16 heavy (non-hydrogen) atoms. The van der Waals surface area contributed by atoms with Crippen LogP contribution in [-0.4, -0.2) is 36.1 Å². The summed E-state index contributed by atoms with van der Waals surface area (Å²) in [6.45, 7) is 13.2. The van der Waals surface area contributed by atoms with Crippen molar-refractivity contribution in [3.8, 4) is 0 Å². The highest BCUT2D eigenvalue weighted by atomic mass is 15.2. The van der Waals surface area contributed by atoms with Gasteiger partial charge in [-0.25, -0.2) is 0 Å². The summed E-state index contributed by atoms with van der Waals surface area (Å²) >= 11 is 0. The van der Waals surface area contributed by atoms with E-state index in [0.717, 1.165) is 17.9 Å². The van der Waals surface area contributed by atoms with Crippen LogP contribution in [0.1, 0.15) is 47.0 Å². The molecule has 1 aliphatic carbocycles. The van der Waals surface area contributed by atoms with Gasteiger partial charge in [-0.2, -0.15) is 0 Å². The van der Waals surface area contributed by atoms with Gasteiger partial charge in [0.05, 0.1) is 0 Å². The Bertz CT molecular complexity index is 237. The van der Waals surface area contributed by atoms with Gasteiger partial charge in [-0.3, -0.25) is 4.90 Å². The van der Waals surface area contributed by atoms with Gasteiger partial charge in [-0.1, -0.05) is 20.3 Å². The number of rotatable bonds is 4. The highest BCUT2D eigenvalue weighted by molar-refractivity contribution is 5.02. The van der Waals surface area contributed by atoms with Crippen molar-refractivity contribution in [3.05, 3.63) is 0 Å². The molecule has 2 aliphatic rings. The van der Waals surface area contributed by atoms with Crippen LogP contribution in [0.3, 0.4) is 0 Å². The van der Waals surface area contributed by atoms with Crippen LogP contribution in [0.4, 0.5) is 0 Å². The zero-order valence-corrected chi connectivity index (χ0v) is 11.4. The first-order chi connectivity index (χ1) is 7.57. The molecule has 0 radical (unpaired) electrons. The average Bonchev–Trinajstić information content (AvgIpc) is 3.11. The van der Waals surface area contributed by atoms with E-state index in [2.05, 4.69) is 37.9 Å². The van der Waals surface area contributed by atoms with Gasteiger partial charge in [-0.05, 0) is 38.5 Å². The lowest BCUT2D eigenvalue weighted by atomic mass is 9.90. The third kappa shape index (κ3) is 2.43. The quantitative estimate of drug-likeness (QED) is 0.789. The molecule has 3 atom stereocenters.